The molecule has 84 valence electrons. The number of amides is 1. The molecule has 0 aromatic carbocycles. The Labute approximate surface area is 84.9 Å². The molecule has 1 amide bonds. The van der Waals surface area contributed by atoms with Gasteiger partial charge in [-0.3, -0.25) is 0 Å². The molecule has 0 bridgehead atoms. The molecule has 0 unspecified atom stereocenters. The standard InChI is InChI=1S/C9H20N2O3/c1-8(2)14-9(12)11-5-3-6-13-7-4-10/h8H,3-7,10H2,1-2H3,(H,11,12). The van der Waals surface area contributed by atoms with Gasteiger partial charge >= 0.3 is 6.09 Å². The predicted molar refractivity (Wildman–Crippen MR) is 54.1 cm³/mol. The third kappa shape index (κ3) is 9.28. The summed E-state index contributed by atoms with van der Waals surface area (Å²) in [5, 5.41) is 2.62. The summed E-state index contributed by atoms with van der Waals surface area (Å²) in [4.78, 5) is 10.9. The average Bonchev–Trinajstić information content (AvgIpc) is 2.10. The zero-order chi connectivity index (χ0) is 10.8. The van der Waals surface area contributed by atoms with Gasteiger partial charge in [-0.25, -0.2) is 4.79 Å². The number of hydrogen-bond acceptors (Lipinski definition) is 4. The molecular formula is C9H20N2O3. The molecule has 5 nitrogen and oxygen atoms in total. The van der Waals surface area contributed by atoms with Crippen LogP contribution in [0.3, 0.4) is 0 Å². The van der Waals surface area contributed by atoms with E-state index in [1.165, 1.54) is 0 Å². The van der Waals surface area contributed by atoms with Gasteiger partial charge in [0.05, 0.1) is 12.7 Å². The smallest absolute Gasteiger partial charge is 0.407 e. The number of hydrogen-bond donors (Lipinski definition) is 2. The lowest BCUT2D eigenvalue weighted by atomic mass is 10.4. The van der Waals surface area contributed by atoms with E-state index < -0.39 is 0 Å². The minimum absolute atomic E-state index is 0.0801. The van der Waals surface area contributed by atoms with Gasteiger partial charge in [0.2, 0.25) is 0 Å². The van der Waals surface area contributed by atoms with Crippen molar-refractivity contribution in [2.45, 2.75) is 26.4 Å². The Hall–Kier alpha value is -0.810. The summed E-state index contributed by atoms with van der Waals surface area (Å²) in [5.41, 5.74) is 5.23. The van der Waals surface area contributed by atoms with Crippen LogP contribution in [0, 0.1) is 0 Å². The minimum atomic E-state index is -0.376. The van der Waals surface area contributed by atoms with E-state index in [-0.39, 0.29) is 12.2 Å². The number of ether oxygens (including phenoxy) is 2. The van der Waals surface area contributed by atoms with E-state index in [2.05, 4.69) is 5.32 Å². The molecule has 0 saturated heterocycles. The van der Waals surface area contributed by atoms with Crippen LogP contribution in [0.1, 0.15) is 20.3 Å². The lowest BCUT2D eigenvalue weighted by Crippen LogP contribution is -2.28. The fourth-order valence-electron chi connectivity index (χ4n) is 0.806. The van der Waals surface area contributed by atoms with E-state index in [9.17, 15) is 4.79 Å². The monoisotopic (exact) mass is 204 g/mol. The van der Waals surface area contributed by atoms with Crippen LogP contribution in [0.5, 0.6) is 0 Å². The highest BCUT2D eigenvalue weighted by Gasteiger charge is 2.02. The maximum absolute atomic E-state index is 10.9. The van der Waals surface area contributed by atoms with E-state index in [1.807, 2.05) is 13.8 Å². The Balaban J connectivity index is 3.15. The fraction of sp³-hybridized carbons (Fsp3) is 0.889. The van der Waals surface area contributed by atoms with Gasteiger partial charge in [0.25, 0.3) is 0 Å². The highest BCUT2D eigenvalue weighted by atomic mass is 16.6. The number of carbonyl (C=O) groups is 1. The van der Waals surface area contributed by atoms with E-state index in [4.69, 9.17) is 15.2 Å². The molecular weight excluding hydrogens is 184 g/mol. The van der Waals surface area contributed by atoms with Crippen LogP contribution < -0.4 is 11.1 Å². The summed E-state index contributed by atoms with van der Waals surface area (Å²) >= 11 is 0. The van der Waals surface area contributed by atoms with Crippen molar-refractivity contribution in [3.63, 3.8) is 0 Å². The fourth-order valence-corrected chi connectivity index (χ4v) is 0.806. The molecule has 3 N–H and O–H groups in total. The average molecular weight is 204 g/mol. The van der Waals surface area contributed by atoms with Crippen molar-refractivity contribution < 1.29 is 14.3 Å². The summed E-state index contributed by atoms with van der Waals surface area (Å²) < 4.78 is 10.00. The first-order valence-corrected chi connectivity index (χ1v) is 4.89. The Morgan fingerprint density at radius 2 is 2.14 bits per heavy atom. The summed E-state index contributed by atoms with van der Waals surface area (Å²) in [6.45, 7) is 5.89. The van der Waals surface area contributed by atoms with Crippen molar-refractivity contribution in [3.8, 4) is 0 Å². The maximum atomic E-state index is 10.9. The van der Waals surface area contributed by atoms with Gasteiger partial charge < -0.3 is 20.5 Å². The van der Waals surface area contributed by atoms with Crippen LogP contribution >= 0.6 is 0 Å². The first-order chi connectivity index (χ1) is 6.66. The van der Waals surface area contributed by atoms with Crippen LogP contribution in [-0.2, 0) is 9.47 Å². The molecule has 0 fully saturated rings. The second kappa shape index (κ2) is 8.77. The first-order valence-electron chi connectivity index (χ1n) is 4.89. The summed E-state index contributed by atoms with van der Waals surface area (Å²) in [7, 11) is 0. The Morgan fingerprint density at radius 1 is 1.43 bits per heavy atom. The number of alkyl carbamates (subject to hydrolysis) is 1. The highest BCUT2D eigenvalue weighted by Crippen LogP contribution is 1.88. The normalized spacial score (nSPS) is 10.3. The molecule has 0 aromatic rings. The van der Waals surface area contributed by atoms with Gasteiger partial charge in [0.1, 0.15) is 0 Å². The van der Waals surface area contributed by atoms with Gasteiger partial charge in [-0.05, 0) is 20.3 Å². The van der Waals surface area contributed by atoms with Crippen LogP contribution in [0.25, 0.3) is 0 Å². The Kier molecular flexibility index (Phi) is 8.27. The molecule has 0 aromatic heterocycles. The van der Waals surface area contributed by atoms with Crippen LogP contribution in [-0.4, -0.2) is 38.5 Å². The third-order valence-electron chi connectivity index (χ3n) is 1.34. The topological polar surface area (TPSA) is 73.6 Å². The van der Waals surface area contributed by atoms with Crippen molar-refractivity contribution in [2.75, 3.05) is 26.3 Å². The SMILES string of the molecule is CC(C)OC(=O)NCCCOCCN. The lowest BCUT2D eigenvalue weighted by molar-refractivity contribution is 0.112. The molecule has 14 heavy (non-hydrogen) atoms. The van der Waals surface area contributed by atoms with E-state index >= 15 is 0 Å². The summed E-state index contributed by atoms with van der Waals surface area (Å²) in [5.74, 6) is 0. The minimum Gasteiger partial charge on any atom is -0.447 e. The van der Waals surface area contributed by atoms with Crippen molar-refractivity contribution in [1.82, 2.24) is 5.32 Å². The van der Waals surface area contributed by atoms with E-state index in [1.54, 1.807) is 0 Å². The molecule has 5 heteroatoms. The molecule has 0 spiro atoms. The van der Waals surface area contributed by atoms with Crippen LogP contribution in [0.2, 0.25) is 0 Å². The zero-order valence-electron chi connectivity index (χ0n) is 8.91. The van der Waals surface area contributed by atoms with Gasteiger partial charge in [0.15, 0.2) is 0 Å². The third-order valence-corrected chi connectivity index (χ3v) is 1.34. The highest BCUT2D eigenvalue weighted by molar-refractivity contribution is 5.67. The van der Waals surface area contributed by atoms with Gasteiger partial charge in [-0.15, -0.1) is 0 Å². The first kappa shape index (κ1) is 13.2. The number of rotatable bonds is 7. The predicted octanol–water partition coefficient (Wildman–Crippen LogP) is 0.486. The molecule has 0 radical (unpaired) electrons. The molecule has 0 rings (SSSR count). The molecule has 0 heterocycles. The Morgan fingerprint density at radius 3 is 2.71 bits per heavy atom. The summed E-state index contributed by atoms with van der Waals surface area (Å²) in [6, 6.07) is 0. The molecule has 0 saturated carbocycles. The zero-order valence-corrected chi connectivity index (χ0v) is 8.91. The van der Waals surface area contributed by atoms with Crippen molar-refractivity contribution in [1.29, 1.82) is 0 Å². The number of nitrogens with two attached hydrogens (primary N) is 1. The second-order valence-electron chi connectivity index (χ2n) is 3.14. The maximum Gasteiger partial charge on any atom is 0.407 e. The Bertz CT molecular complexity index is 151. The number of carbonyl (C=O) groups excluding carboxylic acids is 1. The van der Waals surface area contributed by atoms with Crippen molar-refractivity contribution in [3.05, 3.63) is 0 Å². The van der Waals surface area contributed by atoms with Crippen LogP contribution in [0.15, 0.2) is 0 Å². The molecule has 0 aliphatic rings. The van der Waals surface area contributed by atoms with Crippen molar-refractivity contribution >= 4 is 6.09 Å². The van der Waals surface area contributed by atoms with Crippen molar-refractivity contribution in [2.24, 2.45) is 5.73 Å². The van der Waals surface area contributed by atoms with Crippen LogP contribution in [0.4, 0.5) is 4.79 Å². The van der Waals surface area contributed by atoms with Gasteiger partial charge in [0, 0.05) is 19.7 Å². The van der Waals surface area contributed by atoms with E-state index in [0.717, 1.165) is 6.42 Å². The number of nitrogens with one attached hydrogen (secondary N) is 1. The quantitative estimate of drug-likeness (QED) is 0.592. The molecule has 0 atom stereocenters. The molecule has 0 aliphatic heterocycles. The summed E-state index contributed by atoms with van der Waals surface area (Å²) in [6.07, 6.45) is 0.315. The largest absolute Gasteiger partial charge is 0.447 e. The van der Waals surface area contributed by atoms with Gasteiger partial charge in [-0.2, -0.15) is 0 Å². The van der Waals surface area contributed by atoms with Gasteiger partial charge in [-0.1, -0.05) is 0 Å². The van der Waals surface area contributed by atoms with E-state index in [0.29, 0.717) is 26.3 Å². The second-order valence-corrected chi connectivity index (χ2v) is 3.14. The lowest BCUT2D eigenvalue weighted by Gasteiger charge is -2.09. The molecule has 0 aliphatic carbocycles.